The molecule has 0 atom stereocenters. The molecule has 2 N–H and O–H groups in total. The Morgan fingerprint density at radius 2 is 1.62 bits per heavy atom. The minimum Gasteiger partial charge on any atom is -0.330 e. The van der Waals surface area contributed by atoms with E-state index in [1.54, 1.807) is 26.2 Å². The summed E-state index contributed by atoms with van der Waals surface area (Å²) in [6.45, 7) is 1.94. The molecule has 5 nitrogen and oxygen atoms in total. The molecule has 0 aromatic heterocycles. The number of aryl methyl sites for hydroxylation is 1. The van der Waals surface area contributed by atoms with Crippen LogP contribution < -0.4 is 10.9 Å². The SMILES string of the molecule is Cc1ccc(C(=O)NNC(=O)N(C)C)cc1. The minimum atomic E-state index is -0.375. The molecule has 1 rings (SSSR count). The lowest BCUT2D eigenvalue weighted by molar-refractivity contribution is 0.0932. The first-order chi connectivity index (χ1) is 7.50. The molecule has 0 bridgehead atoms. The van der Waals surface area contributed by atoms with Crippen molar-refractivity contribution in [3.8, 4) is 0 Å². The van der Waals surface area contributed by atoms with Gasteiger partial charge in [0.05, 0.1) is 0 Å². The summed E-state index contributed by atoms with van der Waals surface area (Å²) in [7, 11) is 3.18. The van der Waals surface area contributed by atoms with Crippen LogP contribution in [0.4, 0.5) is 4.79 Å². The standard InChI is InChI=1S/C11H15N3O2/c1-8-4-6-9(7-5-8)10(15)12-13-11(16)14(2)3/h4-7H,1-3H3,(H,12,15)(H,13,16). The van der Waals surface area contributed by atoms with Gasteiger partial charge in [-0.2, -0.15) is 0 Å². The molecule has 0 radical (unpaired) electrons. The highest BCUT2D eigenvalue weighted by atomic mass is 16.2. The number of hydrogen-bond donors (Lipinski definition) is 2. The average Bonchev–Trinajstić information content (AvgIpc) is 2.26. The fraction of sp³-hybridized carbons (Fsp3) is 0.273. The van der Waals surface area contributed by atoms with Gasteiger partial charge >= 0.3 is 6.03 Å². The Morgan fingerprint density at radius 3 is 2.12 bits per heavy atom. The third kappa shape index (κ3) is 3.27. The fourth-order valence-electron chi connectivity index (χ4n) is 0.999. The minimum absolute atomic E-state index is 0.338. The number of nitrogens with one attached hydrogen (secondary N) is 2. The van der Waals surface area contributed by atoms with E-state index in [4.69, 9.17) is 0 Å². The van der Waals surface area contributed by atoms with Gasteiger partial charge in [0, 0.05) is 19.7 Å². The summed E-state index contributed by atoms with van der Waals surface area (Å²) in [4.78, 5) is 24.0. The number of hydrazine groups is 1. The van der Waals surface area contributed by atoms with Crippen LogP contribution in [-0.4, -0.2) is 30.9 Å². The average molecular weight is 221 g/mol. The van der Waals surface area contributed by atoms with Crippen LogP contribution in [0.5, 0.6) is 0 Å². The second-order valence-corrected chi connectivity index (χ2v) is 3.64. The summed E-state index contributed by atoms with van der Waals surface area (Å²) in [5, 5.41) is 0. The van der Waals surface area contributed by atoms with Gasteiger partial charge in [-0.05, 0) is 19.1 Å². The summed E-state index contributed by atoms with van der Waals surface area (Å²) in [6.07, 6.45) is 0. The molecule has 5 heteroatoms. The van der Waals surface area contributed by atoms with E-state index in [1.165, 1.54) is 4.90 Å². The molecular formula is C11H15N3O2. The van der Waals surface area contributed by atoms with E-state index in [-0.39, 0.29) is 11.9 Å². The number of benzene rings is 1. The van der Waals surface area contributed by atoms with Crippen LogP contribution in [-0.2, 0) is 0 Å². The van der Waals surface area contributed by atoms with Crippen molar-refractivity contribution >= 4 is 11.9 Å². The maximum atomic E-state index is 11.5. The summed E-state index contributed by atoms with van der Waals surface area (Å²) >= 11 is 0. The van der Waals surface area contributed by atoms with Crippen molar-refractivity contribution < 1.29 is 9.59 Å². The lowest BCUT2D eigenvalue weighted by atomic mass is 10.1. The maximum absolute atomic E-state index is 11.5. The van der Waals surface area contributed by atoms with Gasteiger partial charge in [-0.3, -0.25) is 10.2 Å². The van der Waals surface area contributed by atoms with Crippen LogP contribution in [0.3, 0.4) is 0 Å². The molecule has 0 heterocycles. The smallest absolute Gasteiger partial charge is 0.330 e. The number of rotatable bonds is 1. The second kappa shape index (κ2) is 5.16. The fourth-order valence-corrected chi connectivity index (χ4v) is 0.999. The maximum Gasteiger partial charge on any atom is 0.335 e. The monoisotopic (exact) mass is 221 g/mol. The van der Waals surface area contributed by atoms with Gasteiger partial charge in [0.1, 0.15) is 0 Å². The molecule has 3 amide bonds. The van der Waals surface area contributed by atoms with Crippen molar-refractivity contribution in [2.45, 2.75) is 6.92 Å². The summed E-state index contributed by atoms with van der Waals surface area (Å²) < 4.78 is 0. The van der Waals surface area contributed by atoms with E-state index in [9.17, 15) is 9.59 Å². The molecule has 1 aromatic carbocycles. The number of hydrogen-bond acceptors (Lipinski definition) is 2. The molecule has 1 aromatic rings. The molecule has 0 spiro atoms. The van der Waals surface area contributed by atoms with Gasteiger partial charge in [0.2, 0.25) is 0 Å². The van der Waals surface area contributed by atoms with E-state index in [2.05, 4.69) is 10.9 Å². The predicted molar refractivity (Wildman–Crippen MR) is 60.9 cm³/mol. The van der Waals surface area contributed by atoms with E-state index < -0.39 is 0 Å². The Bertz CT molecular complexity index is 385. The number of carbonyl (C=O) groups is 2. The Kier molecular flexibility index (Phi) is 3.88. The van der Waals surface area contributed by atoms with E-state index in [0.29, 0.717) is 5.56 Å². The first-order valence-electron chi connectivity index (χ1n) is 4.85. The quantitative estimate of drug-likeness (QED) is 0.692. The van der Waals surface area contributed by atoms with Crippen molar-refractivity contribution in [1.82, 2.24) is 15.8 Å². The Hall–Kier alpha value is -2.04. The van der Waals surface area contributed by atoms with Crippen LogP contribution in [0.25, 0.3) is 0 Å². The highest BCUT2D eigenvalue weighted by molar-refractivity contribution is 5.95. The van der Waals surface area contributed by atoms with Crippen molar-refractivity contribution in [3.05, 3.63) is 35.4 Å². The first-order valence-corrected chi connectivity index (χ1v) is 4.85. The molecule has 0 aliphatic carbocycles. The number of amides is 3. The molecule has 0 aliphatic rings. The zero-order valence-electron chi connectivity index (χ0n) is 9.57. The van der Waals surface area contributed by atoms with E-state index >= 15 is 0 Å². The van der Waals surface area contributed by atoms with Gasteiger partial charge < -0.3 is 4.90 Å². The van der Waals surface area contributed by atoms with E-state index in [1.807, 2.05) is 19.1 Å². The van der Waals surface area contributed by atoms with Gasteiger partial charge in [0.25, 0.3) is 5.91 Å². The lowest BCUT2D eigenvalue weighted by Gasteiger charge is -2.12. The molecule has 0 saturated carbocycles. The van der Waals surface area contributed by atoms with Gasteiger partial charge in [-0.25, -0.2) is 10.2 Å². The van der Waals surface area contributed by atoms with Crippen LogP contribution in [0.1, 0.15) is 15.9 Å². The van der Waals surface area contributed by atoms with E-state index in [0.717, 1.165) is 5.56 Å². The lowest BCUT2D eigenvalue weighted by Crippen LogP contribution is -2.46. The largest absolute Gasteiger partial charge is 0.335 e. The summed E-state index contributed by atoms with van der Waals surface area (Å²) in [5.74, 6) is -0.338. The highest BCUT2D eigenvalue weighted by Crippen LogP contribution is 2.02. The third-order valence-corrected chi connectivity index (χ3v) is 2.00. The summed E-state index contributed by atoms with van der Waals surface area (Å²) in [6, 6.07) is 6.70. The molecule has 16 heavy (non-hydrogen) atoms. The second-order valence-electron chi connectivity index (χ2n) is 3.64. The predicted octanol–water partition coefficient (Wildman–Crippen LogP) is 0.911. The zero-order valence-corrected chi connectivity index (χ0v) is 9.57. The zero-order chi connectivity index (χ0) is 12.1. The Labute approximate surface area is 94.4 Å². The van der Waals surface area contributed by atoms with Crippen LogP contribution in [0, 0.1) is 6.92 Å². The number of nitrogens with zero attached hydrogens (tertiary/aromatic N) is 1. The molecule has 0 saturated heterocycles. The van der Waals surface area contributed by atoms with Gasteiger partial charge in [-0.15, -0.1) is 0 Å². The normalized spacial score (nSPS) is 9.44. The summed E-state index contributed by atoms with van der Waals surface area (Å²) in [5.41, 5.74) is 6.18. The van der Waals surface area contributed by atoms with Crippen LogP contribution in [0.15, 0.2) is 24.3 Å². The van der Waals surface area contributed by atoms with Crippen LogP contribution in [0.2, 0.25) is 0 Å². The van der Waals surface area contributed by atoms with Crippen LogP contribution >= 0.6 is 0 Å². The topological polar surface area (TPSA) is 61.4 Å². The Balaban J connectivity index is 2.53. The van der Waals surface area contributed by atoms with Crippen molar-refractivity contribution in [2.75, 3.05) is 14.1 Å². The van der Waals surface area contributed by atoms with Gasteiger partial charge in [-0.1, -0.05) is 17.7 Å². The first kappa shape index (κ1) is 12.0. The molecule has 0 fully saturated rings. The Morgan fingerprint density at radius 1 is 1.06 bits per heavy atom. The molecule has 86 valence electrons. The highest BCUT2D eigenvalue weighted by Gasteiger charge is 2.07. The number of urea groups is 1. The third-order valence-electron chi connectivity index (χ3n) is 2.00. The molecule has 0 unspecified atom stereocenters. The number of carbonyl (C=O) groups excluding carboxylic acids is 2. The molecule has 0 aliphatic heterocycles. The van der Waals surface area contributed by atoms with Crippen molar-refractivity contribution in [3.63, 3.8) is 0 Å². The van der Waals surface area contributed by atoms with Gasteiger partial charge in [0.15, 0.2) is 0 Å². The molecular weight excluding hydrogens is 206 g/mol. The van der Waals surface area contributed by atoms with Crippen molar-refractivity contribution in [2.24, 2.45) is 0 Å². The van der Waals surface area contributed by atoms with Crippen molar-refractivity contribution in [1.29, 1.82) is 0 Å².